The Morgan fingerprint density at radius 3 is 2.44 bits per heavy atom. The van der Waals surface area contributed by atoms with Gasteiger partial charge in [0.15, 0.2) is 0 Å². The molecule has 4 nitrogen and oxygen atoms in total. The predicted octanol–water partition coefficient (Wildman–Crippen LogP) is 4.43. The third-order valence-electron chi connectivity index (χ3n) is 5.10. The van der Waals surface area contributed by atoms with Crippen molar-refractivity contribution in [2.45, 2.75) is 57.7 Å². The summed E-state index contributed by atoms with van der Waals surface area (Å²) in [6.07, 6.45) is 5.63. The lowest BCUT2D eigenvalue weighted by Crippen LogP contribution is -2.31. The van der Waals surface area contributed by atoms with Gasteiger partial charge >= 0.3 is 0 Å². The van der Waals surface area contributed by atoms with Crippen molar-refractivity contribution < 1.29 is 9.52 Å². The van der Waals surface area contributed by atoms with Crippen LogP contribution in [0.5, 0.6) is 0 Å². The number of hydrogen-bond donors (Lipinski definition) is 2. The fourth-order valence-electron chi connectivity index (χ4n) is 3.65. The lowest BCUT2D eigenvalue weighted by atomic mass is 10.0. The summed E-state index contributed by atoms with van der Waals surface area (Å²) in [5.74, 6) is 0.632. The van der Waals surface area contributed by atoms with Gasteiger partial charge in [0, 0.05) is 30.9 Å². The van der Waals surface area contributed by atoms with Gasteiger partial charge in [0.2, 0.25) is 0 Å². The Balaban J connectivity index is 1.52. The predicted molar refractivity (Wildman–Crippen MR) is 102 cm³/mol. The molecule has 1 aliphatic rings. The zero-order chi connectivity index (χ0) is 17.6. The van der Waals surface area contributed by atoms with E-state index in [1.54, 1.807) is 6.26 Å². The second kappa shape index (κ2) is 8.54. The topological polar surface area (TPSA) is 48.6 Å². The molecule has 1 fully saturated rings. The first-order valence-electron chi connectivity index (χ1n) is 9.46. The first-order valence-corrected chi connectivity index (χ1v) is 9.46. The van der Waals surface area contributed by atoms with Gasteiger partial charge < -0.3 is 19.7 Å². The minimum Gasteiger partial charge on any atom is -0.467 e. The van der Waals surface area contributed by atoms with Crippen LogP contribution in [0.25, 0.3) is 0 Å². The fourth-order valence-corrected chi connectivity index (χ4v) is 3.65. The molecule has 2 N–H and O–H groups in total. The summed E-state index contributed by atoms with van der Waals surface area (Å²) in [6, 6.07) is 13.0. The number of aliphatic hydroxyl groups is 1. The van der Waals surface area contributed by atoms with Crippen molar-refractivity contribution in [1.29, 1.82) is 0 Å². The lowest BCUT2D eigenvalue weighted by Gasteiger charge is -2.29. The molecule has 25 heavy (non-hydrogen) atoms. The highest BCUT2D eigenvalue weighted by Gasteiger charge is 2.17. The SMILES string of the molecule is CC(CC(O)c1ccco1)NC(C)c1ccc(N2CCCCC2)cc1. The highest BCUT2D eigenvalue weighted by atomic mass is 16.4. The molecule has 1 aromatic heterocycles. The van der Waals surface area contributed by atoms with Crippen LogP contribution in [0.3, 0.4) is 0 Å². The monoisotopic (exact) mass is 342 g/mol. The Morgan fingerprint density at radius 2 is 1.80 bits per heavy atom. The van der Waals surface area contributed by atoms with Crippen molar-refractivity contribution in [3.63, 3.8) is 0 Å². The van der Waals surface area contributed by atoms with E-state index in [9.17, 15) is 5.11 Å². The number of aliphatic hydroxyl groups excluding tert-OH is 1. The molecule has 1 aromatic carbocycles. The molecule has 0 aliphatic carbocycles. The van der Waals surface area contributed by atoms with E-state index in [1.165, 1.54) is 43.6 Å². The van der Waals surface area contributed by atoms with Gasteiger partial charge in [-0.15, -0.1) is 0 Å². The van der Waals surface area contributed by atoms with Crippen LogP contribution in [0.4, 0.5) is 5.69 Å². The van der Waals surface area contributed by atoms with Gasteiger partial charge in [-0.25, -0.2) is 0 Å². The van der Waals surface area contributed by atoms with Gasteiger partial charge in [-0.1, -0.05) is 12.1 Å². The van der Waals surface area contributed by atoms with Gasteiger partial charge in [-0.3, -0.25) is 0 Å². The Morgan fingerprint density at radius 1 is 1.08 bits per heavy atom. The van der Waals surface area contributed by atoms with Gasteiger partial charge in [-0.2, -0.15) is 0 Å². The minimum atomic E-state index is -0.564. The fraction of sp³-hybridized carbons (Fsp3) is 0.524. The highest BCUT2D eigenvalue weighted by Crippen LogP contribution is 2.24. The normalized spacial score (nSPS) is 18.8. The Kier molecular flexibility index (Phi) is 6.16. The maximum Gasteiger partial charge on any atom is 0.132 e. The minimum absolute atomic E-state index is 0.192. The molecule has 0 amide bonds. The zero-order valence-corrected chi connectivity index (χ0v) is 15.3. The molecule has 2 heterocycles. The van der Waals surface area contributed by atoms with Gasteiger partial charge in [0.25, 0.3) is 0 Å². The summed E-state index contributed by atoms with van der Waals surface area (Å²) in [5, 5.41) is 13.8. The molecule has 2 aromatic rings. The molecule has 3 rings (SSSR count). The zero-order valence-electron chi connectivity index (χ0n) is 15.3. The van der Waals surface area contributed by atoms with Crippen molar-refractivity contribution >= 4 is 5.69 Å². The number of anilines is 1. The first kappa shape index (κ1) is 18.0. The molecule has 0 spiro atoms. The van der Waals surface area contributed by atoms with Crippen LogP contribution in [0.15, 0.2) is 47.1 Å². The summed E-state index contributed by atoms with van der Waals surface area (Å²) < 4.78 is 5.27. The standard InChI is InChI=1S/C21H30N2O2/c1-16(15-20(24)21-7-6-14-25-21)22-17(2)18-8-10-19(11-9-18)23-12-4-3-5-13-23/h6-11,14,16-17,20,22,24H,3-5,12-13,15H2,1-2H3. The van der Waals surface area contributed by atoms with Crippen molar-refractivity contribution in [2.24, 2.45) is 0 Å². The summed E-state index contributed by atoms with van der Waals surface area (Å²) in [4.78, 5) is 2.48. The molecule has 1 saturated heterocycles. The van der Waals surface area contributed by atoms with Crippen LogP contribution in [-0.2, 0) is 0 Å². The Hall–Kier alpha value is -1.78. The van der Waals surface area contributed by atoms with Gasteiger partial charge in [0.05, 0.1) is 6.26 Å². The van der Waals surface area contributed by atoms with Gasteiger partial charge in [-0.05, 0) is 69.4 Å². The molecule has 1 aliphatic heterocycles. The summed E-state index contributed by atoms with van der Waals surface area (Å²) >= 11 is 0. The summed E-state index contributed by atoms with van der Waals surface area (Å²) in [5.41, 5.74) is 2.61. The number of nitrogens with one attached hydrogen (secondary N) is 1. The van der Waals surface area contributed by atoms with Crippen molar-refractivity contribution in [3.05, 3.63) is 54.0 Å². The summed E-state index contributed by atoms with van der Waals surface area (Å²) in [6.45, 7) is 6.63. The van der Waals surface area contributed by atoms with Crippen LogP contribution in [0.2, 0.25) is 0 Å². The van der Waals surface area contributed by atoms with Crippen molar-refractivity contribution in [2.75, 3.05) is 18.0 Å². The average Bonchev–Trinajstić information content (AvgIpc) is 3.17. The van der Waals surface area contributed by atoms with Gasteiger partial charge in [0.1, 0.15) is 11.9 Å². The third-order valence-corrected chi connectivity index (χ3v) is 5.10. The number of piperidine rings is 1. The van der Waals surface area contributed by atoms with E-state index >= 15 is 0 Å². The maximum absolute atomic E-state index is 10.2. The Labute approximate surface area is 150 Å². The van der Waals surface area contributed by atoms with E-state index < -0.39 is 6.10 Å². The molecule has 136 valence electrons. The molecular formula is C21H30N2O2. The number of furan rings is 1. The molecule has 0 saturated carbocycles. The van der Waals surface area contributed by atoms with Crippen LogP contribution in [0.1, 0.15) is 63.0 Å². The van der Waals surface area contributed by atoms with Crippen LogP contribution < -0.4 is 10.2 Å². The quantitative estimate of drug-likeness (QED) is 0.781. The third kappa shape index (κ3) is 4.86. The molecular weight excluding hydrogens is 312 g/mol. The van der Waals surface area contributed by atoms with Crippen molar-refractivity contribution in [1.82, 2.24) is 5.32 Å². The molecule has 0 bridgehead atoms. The Bertz CT molecular complexity index is 618. The second-order valence-electron chi connectivity index (χ2n) is 7.20. The first-order chi connectivity index (χ1) is 12.1. The number of hydrogen-bond acceptors (Lipinski definition) is 4. The highest BCUT2D eigenvalue weighted by molar-refractivity contribution is 5.48. The van der Waals surface area contributed by atoms with E-state index in [-0.39, 0.29) is 12.1 Å². The molecule has 0 radical (unpaired) electrons. The van der Waals surface area contributed by atoms with Crippen LogP contribution >= 0.6 is 0 Å². The van der Waals surface area contributed by atoms with Crippen LogP contribution in [-0.4, -0.2) is 24.2 Å². The number of rotatable bonds is 7. The average molecular weight is 342 g/mol. The lowest BCUT2D eigenvalue weighted by molar-refractivity contribution is 0.127. The number of nitrogens with zero attached hydrogens (tertiary/aromatic N) is 1. The molecule has 4 heteroatoms. The van der Waals surface area contributed by atoms with E-state index in [0.717, 1.165) is 0 Å². The second-order valence-corrected chi connectivity index (χ2v) is 7.20. The molecule has 3 atom stereocenters. The largest absolute Gasteiger partial charge is 0.467 e. The molecule has 3 unspecified atom stereocenters. The number of benzene rings is 1. The smallest absolute Gasteiger partial charge is 0.132 e. The summed E-state index contributed by atoms with van der Waals surface area (Å²) in [7, 11) is 0. The van der Waals surface area contributed by atoms with E-state index in [4.69, 9.17) is 4.42 Å². The van der Waals surface area contributed by atoms with E-state index in [2.05, 4.69) is 48.3 Å². The maximum atomic E-state index is 10.2. The van der Waals surface area contributed by atoms with E-state index in [1.807, 2.05) is 12.1 Å². The van der Waals surface area contributed by atoms with Crippen molar-refractivity contribution in [3.8, 4) is 0 Å². The van der Waals surface area contributed by atoms with Crippen LogP contribution in [0, 0.1) is 0 Å². The van der Waals surface area contributed by atoms with E-state index in [0.29, 0.717) is 12.2 Å².